The first-order valence-corrected chi connectivity index (χ1v) is 7.26. The molecular weight excluding hydrogens is 310 g/mol. The van der Waals surface area contributed by atoms with Crippen molar-refractivity contribution in [3.8, 4) is 0 Å². The molecule has 0 unspecified atom stereocenters. The van der Waals surface area contributed by atoms with Crippen molar-refractivity contribution in [1.29, 1.82) is 0 Å². The third-order valence-corrected chi connectivity index (χ3v) is 3.65. The first-order chi connectivity index (χ1) is 9.25. The number of hydrogen-bond acceptors (Lipinski definition) is 4. The Morgan fingerprint density at radius 1 is 1.53 bits per heavy atom. The number of nitrogens with one attached hydrogen (secondary N) is 2. The average molecular weight is 328 g/mol. The van der Waals surface area contributed by atoms with Gasteiger partial charge >= 0.3 is 0 Å². The number of anilines is 1. The van der Waals surface area contributed by atoms with Gasteiger partial charge in [0.05, 0.1) is 29.3 Å². The summed E-state index contributed by atoms with van der Waals surface area (Å²) in [7, 11) is 0. The molecule has 0 radical (unpaired) electrons. The fourth-order valence-corrected chi connectivity index (χ4v) is 2.32. The quantitative estimate of drug-likeness (QED) is 0.867. The summed E-state index contributed by atoms with van der Waals surface area (Å²) < 4.78 is 6.48. The Balaban J connectivity index is 1.68. The summed E-state index contributed by atoms with van der Waals surface area (Å²) in [6, 6.07) is 1.76. The van der Waals surface area contributed by atoms with Crippen molar-refractivity contribution in [2.75, 3.05) is 25.0 Å². The largest absolute Gasteiger partial charge is 0.378 e. The van der Waals surface area contributed by atoms with Crippen LogP contribution in [0.15, 0.2) is 22.9 Å². The zero-order valence-electron chi connectivity index (χ0n) is 10.7. The molecular formula is C13H18BrN3O2. The molecule has 6 heteroatoms. The highest BCUT2D eigenvalue weighted by atomic mass is 79.9. The van der Waals surface area contributed by atoms with Gasteiger partial charge < -0.3 is 15.4 Å². The van der Waals surface area contributed by atoms with Crippen molar-refractivity contribution in [3.63, 3.8) is 0 Å². The van der Waals surface area contributed by atoms with Gasteiger partial charge in [0, 0.05) is 12.4 Å². The van der Waals surface area contributed by atoms with Crippen molar-refractivity contribution < 1.29 is 9.53 Å². The van der Waals surface area contributed by atoms with E-state index < -0.39 is 0 Å². The van der Waals surface area contributed by atoms with Gasteiger partial charge in [0.15, 0.2) is 0 Å². The fourth-order valence-electron chi connectivity index (χ4n) is 1.97. The lowest BCUT2D eigenvalue weighted by Crippen LogP contribution is -2.33. The highest BCUT2D eigenvalue weighted by molar-refractivity contribution is 9.10. The van der Waals surface area contributed by atoms with Crippen LogP contribution in [0.25, 0.3) is 0 Å². The molecule has 1 aromatic rings. The van der Waals surface area contributed by atoms with Crippen LogP contribution in [-0.2, 0) is 9.53 Å². The summed E-state index contributed by atoms with van der Waals surface area (Å²) >= 11 is 3.34. The molecule has 1 fully saturated rings. The molecule has 1 amide bonds. The Hall–Kier alpha value is -0.980. The summed E-state index contributed by atoms with van der Waals surface area (Å²) in [4.78, 5) is 15.7. The van der Waals surface area contributed by atoms with E-state index in [0.717, 1.165) is 36.1 Å². The van der Waals surface area contributed by atoms with Gasteiger partial charge in [-0.25, -0.2) is 0 Å². The molecule has 1 aliphatic heterocycles. The van der Waals surface area contributed by atoms with Crippen LogP contribution in [0.4, 0.5) is 5.69 Å². The molecule has 19 heavy (non-hydrogen) atoms. The van der Waals surface area contributed by atoms with Crippen LogP contribution in [-0.4, -0.2) is 36.7 Å². The predicted octanol–water partition coefficient (Wildman–Crippen LogP) is 1.94. The number of aromatic nitrogens is 1. The molecule has 1 saturated heterocycles. The average Bonchev–Trinajstić information content (AvgIpc) is 2.43. The van der Waals surface area contributed by atoms with Crippen LogP contribution in [0.1, 0.15) is 19.3 Å². The van der Waals surface area contributed by atoms with Crippen molar-refractivity contribution >= 4 is 27.5 Å². The second kappa shape index (κ2) is 7.57. The molecule has 0 aromatic carbocycles. The smallest absolute Gasteiger partial charge is 0.226 e. The number of carbonyl (C=O) groups is 1. The number of carbonyl (C=O) groups excluding carboxylic acids is 1. The van der Waals surface area contributed by atoms with Gasteiger partial charge in [-0.3, -0.25) is 9.78 Å². The zero-order valence-corrected chi connectivity index (χ0v) is 12.3. The van der Waals surface area contributed by atoms with E-state index in [1.54, 1.807) is 18.5 Å². The number of hydrogen-bond donors (Lipinski definition) is 2. The maximum atomic E-state index is 11.8. The van der Waals surface area contributed by atoms with Crippen LogP contribution < -0.4 is 10.6 Å². The highest BCUT2D eigenvalue weighted by Crippen LogP contribution is 2.20. The molecule has 0 saturated carbocycles. The first kappa shape index (κ1) is 14.4. The third-order valence-electron chi connectivity index (χ3n) is 3.02. The van der Waals surface area contributed by atoms with Crippen molar-refractivity contribution in [1.82, 2.24) is 10.3 Å². The Morgan fingerprint density at radius 3 is 3.05 bits per heavy atom. The number of ether oxygens (including phenoxy) is 1. The Bertz CT molecular complexity index is 422. The van der Waals surface area contributed by atoms with E-state index in [4.69, 9.17) is 4.74 Å². The van der Waals surface area contributed by atoms with Gasteiger partial charge in [-0.05, 0) is 47.9 Å². The molecule has 104 valence electrons. The van der Waals surface area contributed by atoms with E-state index in [1.807, 2.05) is 0 Å². The summed E-state index contributed by atoms with van der Waals surface area (Å²) in [5.74, 6) is -0.0409. The Morgan fingerprint density at radius 2 is 2.32 bits per heavy atom. The second-order valence-corrected chi connectivity index (χ2v) is 5.33. The summed E-state index contributed by atoms with van der Waals surface area (Å²) in [6.07, 6.45) is 6.02. The highest BCUT2D eigenvalue weighted by Gasteiger charge is 2.13. The number of halogens is 1. The third kappa shape index (κ3) is 4.89. The van der Waals surface area contributed by atoms with Gasteiger partial charge in [-0.2, -0.15) is 0 Å². The fraction of sp³-hybridized carbons (Fsp3) is 0.538. The molecule has 0 aliphatic carbocycles. The topological polar surface area (TPSA) is 63.2 Å². The summed E-state index contributed by atoms with van der Waals surface area (Å²) in [5, 5.41) is 6.11. The molecule has 2 N–H and O–H groups in total. The first-order valence-electron chi connectivity index (χ1n) is 6.47. The predicted molar refractivity (Wildman–Crippen MR) is 77.0 cm³/mol. The van der Waals surface area contributed by atoms with Crippen molar-refractivity contribution in [2.24, 2.45) is 0 Å². The van der Waals surface area contributed by atoms with Gasteiger partial charge in [0.25, 0.3) is 0 Å². The minimum atomic E-state index is -0.0409. The van der Waals surface area contributed by atoms with Crippen molar-refractivity contribution in [3.05, 3.63) is 22.9 Å². The van der Waals surface area contributed by atoms with Gasteiger partial charge in [-0.15, -0.1) is 0 Å². The molecule has 2 rings (SSSR count). The maximum absolute atomic E-state index is 11.8. The standard InChI is InChI=1S/C13H18BrN3O2/c14-11-9-16-7-3-12(11)17-13(18)4-8-19-10-1-5-15-6-2-10/h3,7,9-10,15H,1-2,4-6,8H2,(H,16,17,18). The van der Waals surface area contributed by atoms with E-state index >= 15 is 0 Å². The Labute approximate surface area is 121 Å². The van der Waals surface area contributed by atoms with Crippen LogP contribution in [0.5, 0.6) is 0 Å². The zero-order chi connectivity index (χ0) is 13.5. The maximum Gasteiger partial charge on any atom is 0.226 e. The minimum absolute atomic E-state index is 0.0409. The van der Waals surface area contributed by atoms with Gasteiger partial charge in [0.2, 0.25) is 5.91 Å². The van der Waals surface area contributed by atoms with E-state index in [9.17, 15) is 4.79 Å². The molecule has 2 heterocycles. The number of piperidine rings is 1. The van der Waals surface area contributed by atoms with Crippen LogP contribution in [0.2, 0.25) is 0 Å². The summed E-state index contributed by atoms with van der Waals surface area (Å²) in [5.41, 5.74) is 0.738. The van der Waals surface area contributed by atoms with E-state index in [1.165, 1.54) is 0 Å². The van der Waals surface area contributed by atoms with Crippen LogP contribution in [0, 0.1) is 0 Å². The van der Waals surface area contributed by atoms with Gasteiger partial charge in [-0.1, -0.05) is 0 Å². The normalized spacial score (nSPS) is 16.3. The van der Waals surface area contributed by atoms with Crippen molar-refractivity contribution in [2.45, 2.75) is 25.4 Å². The number of rotatable bonds is 5. The lowest BCUT2D eigenvalue weighted by Gasteiger charge is -2.22. The minimum Gasteiger partial charge on any atom is -0.378 e. The SMILES string of the molecule is O=C(CCOC1CCNCC1)Nc1ccncc1Br. The van der Waals surface area contributed by atoms with E-state index in [-0.39, 0.29) is 5.91 Å². The number of nitrogens with zero attached hydrogens (tertiary/aromatic N) is 1. The van der Waals surface area contributed by atoms with E-state index in [0.29, 0.717) is 19.1 Å². The molecule has 1 aromatic heterocycles. The Kier molecular flexibility index (Phi) is 5.75. The lowest BCUT2D eigenvalue weighted by molar-refractivity contribution is -0.117. The lowest BCUT2D eigenvalue weighted by atomic mass is 10.1. The van der Waals surface area contributed by atoms with Crippen LogP contribution >= 0.6 is 15.9 Å². The number of pyridine rings is 1. The van der Waals surface area contributed by atoms with E-state index in [2.05, 4.69) is 31.5 Å². The second-order valence-electron chi connectivity index (χ2n) is 4.47. The van der Waals surface area contributed by atoms with Crippen LogP contribution in [0.3, 0.4) is 0 Å². The molecule has 0 spiro atoms. The molecule has 1 aliphatic rings. The number of amides is 1. The van der Waals surface area contributed by atoms with Gasteiger partial charge in [0.1, 0.15) is 0 Å². The molecule has 5 nitrogen and oxygen atoms in total. The molecule has 0 bridgehead atoms. The summed E-state index contributed by atoms with van der Waals surface area (Å²) in [6.45, 7) is 2.47. The monoisotopic (exact) mass is 327 g/mol. The molecule has 0 atom stereocenters.